The third-order valence-corrected chi connectivity index (χ3v) is 3.73. The molecule has 0 amide bonds. The third-order valence-electron chi connectivity index (χ3n) is 2.73. The molecule has 2 aromatic rings. The van der Waals surface area contributed by atoms with Gasteiger partial charge in [0.15, 0.2) is 0 Å². The quantitative estimate of drug-likeness (QED) is 0.849. The van der Waals surface area contributed by atoms with Gasteiger partial charge in [-0.25, -0.2) is 8.42 Å². The van der Waals surface area contributed by atoms with Crippen molar-refractivity contribution in [2.45, 2.75) is 6.92 Å². The molecule has 0 unspecified atom stereocenters. The number of nitrogens with one attached hydrogen (secondary N) is 1. The van der Waals surface area contributed by atoms with Crippen LogP contribution >= 0.6 is 0 Å². The van der Waals surface area contributed by atoms with Gasteiger partial charge in [-0.05, 0) is 30.7 Å². The van der Waals surface area contributed by atoms with E-state index in [0.29, 0.717) is 11.4 Å². The van der Waals surface area contributed by atoms with Gasteiger partial charge in [0.1, 0.15) is 0 Å². The molecule has 0 fully saturated rings. The number of aryl methyl sites for hydroxylation is 1. The second-order valence-corrected chi connectivity index (χ2v) is 6.01. The van der Waals surface area contributed by atoms with Crippen molar-refractivity contribution in [1.82, 2.24) is 0 Å². The Morgan fingerprint density at radius 1 is 1.05 bits per heavy atom. The van der Waals surface area contributed by atoms with Crippen LogP contribution in [0.4, 0.5) is 11.4 Å². The first-order chi connectivity index (χ1) is 9.46. The van der Waals surface area contributed by atoms with E-state index in [1.54, 1.807) is 30.3 Å². The predicted molar refractivity (Wildman–Crippen MR) is 83.6 cm³/mol. The molecule has 0 bridgehead atoms. The van der Waals surface area contributed by atoms with Crippen LogP contribution in [0.5, 0.6) is 0 Å². The van der Waals surface area contributed by atoms with E-state index in [1.807, 2.05) is 31.2 Å². The molecule has 20 heavy (non-hydrogen) atoms. The van der Waals surface area contributed by atoms with Crippen LogP contribution in [0.2, 0.25) is 0 Å². The molecular formula is C15H16N2O2S. The van der Waals surface area contributed by atoms with Gasteiger partial charge in [0.2, 0.25) is 0 Å². The number of nitrogen functional groups attached to an aromatic ring is 1. The molecule has 4 nitrogen and oxygen atoms in total. The Bertz CT molecular complexity index is 720. The zero-order chi connectivity index (χ0) is 14.6. The van der Waals surface area contributed by atoms with Gasteiger partial charge >= 0.3 is 0 Å². The van der Waals surface area contributed by atoms with Crippen molar-refractivity contribution in [2.24, 2.45) is 0 Å². The summed E-state index contributed by atoms with van der Waals surface area (Å²) in [6, 6.07) is 14.3. The average Bonchev–Trinajstić information content (AvgIpc) is 2.41. The van der Waals surface area contributed by atoms with Gasteiger partial charge in [-0.2, -0.15) is 0 Å². The molecule has 0 heterocycles. The molecule has 104 valence electrons. The molecule has 0 saturated heterocycles. The standard InChI is InChI=1S/C15H16N2O2S/c1-12-6-8-13(9-7-12)10-11-20(18,19)17-15-5-3-2-4-14(15)16/h2-11,17H,16H2,1H3/b11-10+. The highest BCUT2D eigenvalue weighted by Crippen LogP contribution is 2.18. The van der Waals surface area contributed by atoms with Crippen molar-refractivity contribution < 1.29 is 8.42 Å². The molecule has 0 aromatic heterocycles. The highest BCUT2D eigenvalue weighted by Gasteiger charge is 2.07. The van der Waals surface area contributed by atoms with Crippen molar-refractivity contribution in [3.05, 3.63) is 65.1 Å². The minimum absolute atomic E-state index is 0.376. The van der Waals surface area contributed by atoms with Crippen LogP contribution in [0.3, 0.4) is 0 Å². The molecule has 0 aliphatic rings. The highest BCUT2D eigenvalue weighted by atomic mass is 32.2. The molecule has 0 radical (unpaired) electrons. The Balaban J connectivity index is 2.15. The van der Waals surface area contributed by atoms with Gasteiger partial charge in [0, 0.05) is 0 Å². The van der Waals surface area contributed by atoms with Crippen LogP contribution < -0.4 is 10.5 Å². The number of hydrogen-bond acceptors (Lipinski definition) is 3. The summed E-state index contributed by atoms with van der Waals surface area (Å²) < 4.78 is 26.3. The minimum Gasteiger partial charge on any atom is -0.397 e. The lowest BCUT2D eigenvalue weighted by molar-refractivity contribution is 0.609. The fraction of sp³-hybridized carbons (Fsp3) is 0.0667. The number of benzene rings is 2. The molecular weight excluding hydrogens is 272 g/mol. The van der Waals surface area contributed by atoms with Crippen molar-refractivity contribution >= 4 is 27.5 Å². The molecule has 5 heteroatoms. The van der Waals surface area contributed by atoms with E-state index < -0.39 is 10.0 Å². The van der Waals surface area contributed by atoms with Gasteiger partial charge < -0.3 is 5.73 Å². The Morgan fingerprint density at radius 2 is 1.70 bits per heavy atom. The van der Waals surface area contributed by atoms with Crippen molar-refractivity contribution in [2.75, 3.05) is 10.5 Å². The average molecular weight is 288 g/mol. The highest BCUT2D eigenvalue weighted by molar-refractivity contribution is 7.95. The summed E-state index contributed by atoms with van der Waals surface area (Å²) in [4.78, 5) is 0. The van der Waals surface area contributed by atoms with Gasteiger partial charge in [-0.3, -0.25) is 4.72 Å². The number of para-hydroxylation sites is 2. The lowest BCUT2D eigenvalue weighted by Gasteiger charge is -2.06. The summed E-state index contributed by atoms with van der Waals surface area (Å²) in [5.74, 6) is 0. The number of hydrogen-bond donors (Lipinski definition) is 2. The zero-order valence-electron chi connectivity index (χ0n) is 11.1. The minimum atomic E-state index is -3.58. The topological polar surface area (TPSA) is 72.2 Å². The first-order valence-corrected chi connectivity index (χ1v) is 7.63. The van der Waals surface area contributed by atoms with E-state index in [0.717, 1.165) is 16.5 Å². The Hall–Kier alpha value is -2.27. The number of rotatable bonds is 4. The number of sulfonamides is 1. The maximum atomic E-state index is 11.9. The summed E-state index contributed by atoms with van der Waals surface area (Å²) in [6.07, 6.45) is 1.54. The van der Waals surface area contributed by atoms with E-state index >= 15 is 0 Å². The first-order valence-electron chi connectivity index (χ1n) is 6.08. The fourth-order valence-corrected chi connectivity index (χ4v) is 2.52. The maximum Gasteiger partial charge on any atom is 0.255 e. The summed E-state index contributed by atoms with van der Waals surface area (Å²) in [7, 11) is -3.58. The van der Waals surface area contributed by atoms with Crippen LogP contribution in [0.15, 0.2) is 53.9 Å². The third kappa shape index (κ3) is 3.86. The van der Waals surface area contributed by atoms with Crippen molar-refractivity contribution in [3.8, 4) is 0 Å². The largest absolute Gasteiger partial charge is 0.397 e. The van der Waals surface area contributed by atoms with Crippen LogP contribution in [-0.2, 0) is 10.0 Å². The predicted octanol–water partition coefficient (Wildman–Crippen LogP) is 2.99. The van der Waals surface area contributed by atoms with E-state index in [1.165, 1.54) is 0 Å². The Kier molecular flexibility index (Phi) is 4.10. The molecule has 0 aliphatic heterocycles. The van der Waals surface area contributed by atoms with Crippen LogP contribution in [0.1, 0.15) is 11.1 Å². The van der Waals surface area contributed by atoms with E-state index in [2.05, 4.69) is 4.72 Å². The van der Waals surface area contributed by atoms with Crippen LogP contribution in [-0.4, -0.2) is 8.42 Å². The Morgan fingerprint density at radius 3 is 2.35 bits per heavy atom. The fourth-order valence-electron chi connectivity index (χ4n) is 1.62. The molecule has 2 aromatic carbocycles. The first kappa shape index (κ1) is 14.1. The molecule has 0 saturated carbocycles. The van der Waals surface area contributed by atoms with Gasteiger partial charge in [-0.1, -0.05) is 42.0 Å². The molecule has 0 atom stereocenters. The number of anilines is 2. The SMILES string of the molecule is Cc1ccc(/C=C/S(=O)(=O)Nc2ccccc2N)cc1. The van der Waals surface area contributed by atoms with E-state index in [9.17, 15) is 8.42 Å². The summed E-state index contributed by atoms with van der Waals surface area (Å²) >= 11 is 0. The molecule has 0 spiro atoms. The van der Waals surface area contributed by atoms with Crippen LogP contribution in [0, 0.1) is 6.92 Å². The second-order valence-electron chi connectivity index (χ2n) is 4.45. The summed E-state index contributed by atoms with van der Waals surface area (Å²) in [5, 5.41) is 1.13. The summed E-state index contributed by atoms with van der Waals surface area (Å²) in [5.41, 5.74) is 8.41. The smallest absolute Gasteiger partial charge is 0.255 e. The van der Waals surface area contributed by atoms with Crippen LogP contribution in [0.25, 0.3) is 6.08 Å². The number of nitrogens with two attached hydrogens (primary N) is 1. The van der Waals surface area contributed by atoms with Gasteiger partial charge in [-0.15, -0.1) is 0 Å². The van der Waals surface area contributed by atoms with Gasteiger partial charge in [0.05, 0.1) is 16.8 Å². The lowest BCUT2D eigenvalue weighted by Crippen LogP contribution is -2.10. The Labute approximate surface area is 119 Å². The zero-order valence-corrected chi connectivity index (χ0v) is 11.9. The molecule has 2 rings (SSSR count). The van der Waals surface area contributed by atoms with E-state index in [4.69, 9.17) is 5.73 Å². The molecule has 0 aliphatic carbocycles. The molecule has 3 N–H and O–H groups in total. The van der Waals surface area contributed by atoms with Crippen molar-refractivity contribution in [1.29, 1.82) is 0 Å². The lowest BCUT2D eigenvalue weighted by atomic mass is 10.2. The van der Waals surface area contributed by atoms with Crippen molar-refractivity contribution in [3.63, 3.8) is 0 Å². The van der Waals surface area contributed by atoms with E-state index in [-0.39, 0.29) is 0 Å². The second kappa shape index (κ2) is 5.79. The summed E-state index contributed by atoms with van der Waals surface area (Å²) in [6.45, 7) is 1.98. The maximum absolute atomic E-state index is 11.9. The monoisotopic (exact) mass is 288 g/mol. The normalized spacial score (nSPS) is 11.7. The van der Waals surface area contributed by atoms with Gasteiger partial charge in [0.25, 0.3) is 10.0 Å².